The molecule has 0 atom stereocenters. The molecular weight excluding hydrogens is 246 g/mol. The minimum atomic E-state index is -0.180. The molecule has 1 aromatic carbocycles. The van der Waals surface area contributed by atoms with Crippen molar-refractivity contribution in [1.82, 2.24) is 5.32 Å². The van der Waals surface area contributed by atoms with E-state index in [2.05, 4.69) is 5.32 Å². The number of amides is 1. The quantitative estimate of drug-likeness (QED) is 0.696. The maximum atomic E-state index is 11.5. The maximum absolute atomic E-state index is 11.5. The molecule has 0 saturated carbocycles. The van der Waals surface area contributed by atoms with Crippen molar-refractivity contribution >= 4 is 5.91 Å². The Morgan fingerprint density at radius 1 is 1.32 bits per heavy atom. The lowest BCUT2D eigenvalue weighted by atomic mass is 10.2. The Morgan fingerprint density at radius 3 is 2.79 bits per heavy atom. The summed E-state index contributed by atoms with van der Waals surface area (Å²) in [7, 11) is 1.57. The summed E-state index contributed by atoms with van der Waals surface area (Å²) < 4.78 is 10.6. The molecule has 0 aromatic heterocycles. The van der Waals surface area contributed by atoms with Crippen LogP contribution >= 0.6 is 0 Å². The smallest absolute Gasteiger partial charge is 0.257 e. The predicted molar refractivity (Wildman–Crippen MR) is 72.6 cm³/mol. The number of ether oxygens (including phenoxy) is 2. The topological polar surface area (TPSA) is 67.8 Å². The largest absolute Gasteiger partial charge is 0.493 e. The number of aliphatic hydroxyl groups is 1. The van der Waals surface area contributed by atoms with Crippen LogP contribution in [0, 0.1) is 6.92 Å². The number of methoxy groups -OCH3 is 1. The lowest BCUT2D eigenvalue weighted by molar-refractivity contribution is -0.123. The first-order valence-corrected chi connectivity index (χ1v) is 6.32. The fraction of sp³-hybridized carbons (Fsp3) is 0.500. The Balaban J connectivity index is 2.37. The average Bonchev–Trinajstić information content (AvgIpc) is 2.42. The number of carbonyl (C=O) groups is 1. The monoisotopic (exact) mass is 267 g/mol. The van der Waals surface area contributed by atoms with Crippen molar-refractivity contribution in [2.45, 2.75) is 19.8 Å². The van der Waals surface area contributed by atoms with Gasteiger partial charge in [-0.05, 0) is 37.5 Å². The molecule has 0 heterocycles. The molecule has 0 bridgehead atoms. The third-order valence-corrected chi connectivity index (χ3v) is 2.58. The zero-order valence-corrected chi connectivity index (χ0v) is 11.4. The van der Waals surface area contributed by atoms with E-state index in [9.17, 15) is 4.79 Å². The number of hydrogen-bond donors (Lipinski definition) is 2. The lowest BCUT2D eigenvalue weighted by Gasteiger charge is -2.11. The fourth-order valence-electron chi connectivity index (χ4n) is 1.55. The zero-order valence-electron chi connectivity index (χ0n) is 11.4. The number of rotatable bonds is 8. The van der Waals surface area contributed by atoms with Crippen molar-refractivity contribution in [3.8, 4) is 11.5 Å². The highest BCUT2D eigenvalue weighted by atomic mass is 16.5. The molecule has 0 unspecified atom stereocenters. The number of aryl methyl sites for hydroxylation is 1. The van der Waals surface area contributed by atoms with E-state index in [0.717, 1.165) is 12.0 Å². The van der Waals surface area contributed by atoms with Crippen molar-refractivity contribution in [3.63, 3.8) is 0 Å². The molecule has 0 aliphatic carbocycles. The molecule has 2 N–H and O–H groups in total. The minimum Gasteiger partial charge on any atom is -0.493 e. The summed E-state index contributed by atoms with van der Waals surface area (Å²) in [4.78, 5) is 11.5. The van der Waals surface area contributed by atoms with Crippen molar-refractivity contribution in [2.24, 2.45) is 0 Å². The zero-order chi connectivity index (χ0) is 14.1. The maximum Gasteiger partial charge on any atom is 0.257 e. The van der Waals surface area contributed by atoms with Crippen LogP contribution in [0.5, 0.6) is 11.5 Å². The molecule has 1 rings (SSSR count). The second kappa shape index (κ2) is 8.37. The molecule has 1 amide bonds. The fourth-order valence-corrected chi connectivity index (χ4v) is 1.55. The van der Waals surface area contributed by atoms with Gasteiger partial charge in [-0.2, -0.15) is 0 Å². The summed E-state index contributed by atoms with van der Waals surface area (Å²) in [5, 5.41) is 11.3. The van der Waals surface area contributed by atoms with Crippen molar-refractivity contribution in [2.75, 3.05) is 26.9 Å². The van der Waals surface area contributed by atoms with Crippen LogP contribution in [0.1, 0.15) is 18.4 Å². The van der Waals surface area contributed by atoms with Crippen LogP contribution in [0.15, 0.2) is 18.2 Å². The third-order valence-electron chi connectivity index (χ3n) is 2.58. The molecule has 0 aliphatic heterocycles. The van der Waals surface area contributed by atoms with Crippen LogP contribution in [0.4, 0.5) is 0 Å². The molecule has 0 fully saturated rings. The van der Waals surface area contributed by atoms with Crippen molar-refractivity contribution < 1.29 is 19.4 Å². The highest BCUT2D eigenvalue weighted by Crippen LogP contribution is 2.27. The summed E-state index contributed by atoms with van der Waals surface area (Å²) in [6, 6.07) is 5.54. The molecule has 0 radical (unpaired) electrons. The van der Waals surface area contributed by atoms with E-state index in [1.54, 1.807) is 13.2 Å². The third kappa shape index (κ3) is 5.61. The number of hydrogen-bond acceptors (Lipinski definition) is 4. The lowest BCUT2D eigenvalue weighted by Crippen LogP contribution is -2.29. The van der Waals surface area contributed by atoms with Gasteiger partial charge in [0, 0.05) is 13.2 Å². The SMILES string of the molecule is COc1cc(C)ccc1OCC(=O)NCCCCO. The minimum absolute atomic E-state index is 0.0431. The molecule has 5 heteroatoms. The second-order valence-corrected chi connectivity index (χ2v) is 4.22. The standard InChI is InChI=1S/C14H21NO4/c1-11-5-6-12(13(9-11)18-2)19-10-14(17)15-7-3-4-8-16/h5-6,9,16H,3-4,7-8,10H2,1-2H3,(H,15,17). The predicted octanol–water partition coefficient (Wildman–Crippen LogP) is 1.27. The first kappa shape index (κ1) is 15.3. The van der Waals surface area contributed by atoms with E-state index in [4.69, 9.17) is 14.6 Å². The van der Waals surface area contributed by atoms with E-state index in [1.807, 2.05) is 19.1 Å². The average molecular weight is 267 g/mol. The molecule has 5 nitrogen and oxygen atoms in total. The van der Waals surface area contributed by atoms with Gasteiger partial charge in [0.2, 0.25) is 0 Å². The van der Waals surface area contributed by atoms with E-state index in [1.165, 1.54) is 0 Å². The van der Waals surface area contributed by atoms with Crippen molar-refractivity contribution in [3.05, 3.63) is 23.8 Å². The number of benzene rings is 1. The van der Waals surface area contributed by atoms with Gasteiger partial charge in [-0.15, -0.1) is 0 Å². The first-order valence-electron chi connectivity index (χ1n) is 6.32. The van der Waals surface area contributed by atoms with Gasteiger partial charge >= 0.3 is 0 Å². The molecule has 19 heavy (non-hydrogen) atoms. The summed E-state index contributed by atoms with van der Waals surface area (Å²) >= 11 is 0. The van der Waals surface area contributed by atoms with E-state index >= 15 is 0 Å². The van der Waals surface area contributed by atoms with Gasteiger partial charge in [-0.25, -0.2) is 0 Å². The number of aliphatic hydroxyl groups excluding tert-OH is 1. The molecule has 0 aliphatic rings. The number of nitrogens with one attached hydrogen (secondary N) is 1. The van der Waals surface area contributed by atoms with Crippen LogP contribution in [0.3, 0.4) is 0 Å². The second-order valence-electron chi connectivity index (χ2n) is 4.22. The number of unbranched alkanes of at least 4 members (excludes halogenated alkanes) is 1. The van der Waals surface area contributed by atoms with Crippen LogP contribution in [-0.2, 0) is 4.79 Å². The Bertz CT molecular complexity index is 406. The van der Waals surface area contributed by atoms with E-state index in [0.29, 0.717) is 24.5 Å². The van der Waals surface area contributed by atoms with Gasteiger partial charge in [0.1, 0.15) is 0 Å². The van der Waals surface area contributed by atoms with Gasteiger partial charge in [-0.1, -0.05) is 6.07 Å². The Kier molecular flexibility index (Phi) is 6.74. The molecule has 106 valence electrons. The van der Waals surface area contributed by atoms with E-state index in [-0.39, 0.29) is 19.1 Å². The highest BCUT2D eigenvalue weighted by Gasteiger charge is 2.07. The van der Waals surface area contributed by atoms with Gasteiger partial charge in [-0.3, -0.25) is 4.79 Å². The van der Waals surface area contributed by atoms with Gasteiger partial charge in [0.05, 0.1) is 7.11 Å². The molecule has 1 aromatic rings. The van der Waals surface area contributed by atoms with Crippen LogP contribution in [-0.4, -0.2) is 37.9 Å². The summed E-state index contributed by atoms with van der Waals surface area (Å²) in [5.41, 5.74) is 1.07. The normalized spacial score (nSPS) is 10.1. The highest BCUT2D eigenvalue weighted by molar-refractivity contribution is 5.77. The summed E-state index contributed by atoms with van der Waals surface area (Å²) in [5.74, 6) is 0.993. The molecule has 0 saturated heterocycles. The van der Waals surface area contributed by atoms with Gasteiger partial charge < -0.3 is 19.9 Å². The van der Waals surface area contributed by atoms with Crippen LogP contribution in [0.2, 0.25) is 0 Å². The van der Waals surface area contributed by atoms with Gasteiger partial charge in [0.15, 0.2) is 18.1 Å². The molecular formula is C14H21NO4. The Hall–Kier alpha value is -1.75. The van der Waals surface area contributed by atoms with E-state index < -0.39 is 0 Å². The van der Waals surface area contributed by atoms with Crippen LogP contribution in [0.25, 0.3) is 0 Å². The Labute approximate surface area is 113 Å². The van der Waals surface area contributed by atoms with Crippen molar-refractivity contribution in [1.29, 1.82) is 0 Å². The summed E-state index contributed by atoms with van der Waals surface area (Å²) in [6.07, 6.45) is 1.45. The summed E-state index contributed by atoms with van der Waals surface area (Å²) in [6.45, 7) is 2.61. The Morgan fingerprint density at radius 2 is 2.11 bits per heavy atom. The first-order chi connectivity index (χ1) is 9.17. The van der Waals surface area contributed by atoms with Gasteiger partial charge in [0.25, 0.3) is 5.91 Å². The van der Waals surface area contributed by atoms with Crippen LogP contribution < -0.4 is 14.8 Å². The number of carbonyl (C=O) groups excluding carboxylic acids is 1. The molecule has 0 spiro atoms.